The van der Waals surface area contributed by atoms with E-state index in [2.05, 4.69) is 0 Å². The Hall–Kier alpha value is 2.34. The van der Waals surface area contributed by atoms with E-state index in [1.807, 2.05) is 0 Å². The van der Waals surface area contributed by atoms with Crippen molar-refractivity contribution in [2.24, 2.45) is 0 Å². The number of hydrogen-bond acceptors (Lipinski definition) is 10. The molecule has 0 aliphatic carbocycles. The number of hydrogen-bond donors (Lipinski definition) is 4. The minimum absolute atomic E-state index is 0. The van der Waals surface area contributed by atoms with Crippen LogP contribution in [0.4, 0.5) is 0 Å². The van der Waals surface area contributed by atoms with E-state index in [9.17, 15) is 33.7 Å². The van der Waals surface area contributed by atoms with Gasteiger partial charge in [-0.25, -0.2) is 0 Å². The van der Waals surface area contributed by atoms with Gasteiger partial charge in [0.05, 0.1) is 23.0 Å². The third-order valence-electron chi connectivity index (χ3n) is 1.94. The Labute approximate surface area is 218 Å². The van der Waals surface area contributed by atoms with Gasteiger partial charge in [0.1, 0.15) is 0 Å². The monoisotopic (exact) mass is 546 g/mol. The molecule has 0 saturated carbocycles. The van der Waals surface area contributed by atoms with Crippen molar-refractivity contribution >= 4 is 123 Å². The van der Waals surface area contributed by atoms with Gasteiger partial charge in [0.25, 0.3) is 40.5 Å². The van der Waals surface area contributed by atoms with E-state index in [0.717, 1.165) is 23.5 Å². The Bertz CT molecular complexity index is 666. The maximum absolute atomic E-state index is 10.2. The maximum atomic E-state index is 10.2. The van der Waals surface area contributed by atoms with Crippen LogP contribution in [0.5, 0.6) is 0 Å². The third-order valence-corrected chi connectivity index (χ3v) is 7.83. The molecule has 0 spiro atoms. The van der Waals surface area contributed by atoms with Crippen LogP contribution in [-0.4, -0.2) is 157 Å². The molecule has 0 rings (SSSR count). The van der Waals surface area contributed by atoms with Crippen LogP contribution in [0.2, 0.25) is 0 Å². The van der Waals surface area contributed by atoms with E-state index < -0.39 is 63.5 Å². The molecule has 28 heavy (non-hydrogen) atoms. The predicted molar refractivity (Wildman–Crippen MR) is 112 cm³/mol. The Morgan fingerprint density at radius 2 is 0.571 bits per heavy atom. The van der Waals surface area contributed by atoms with Crippen LogP contribution in [0, 0.1) is 0 Å². The average Bonchev–Trinajstić information content (AvgIpc) is 2.33. The summed E-state index contributed by atoms with van der Waals surface area (Å²) in [6, 6.07) is 0. The van der Waals surface area contributed by atoms with Crippen LogP contribution >= 0.6 is 23.5 Å². The zero-order chi connectivity index (χ0) is 21.1. The normalized spacial score (nSPS) is 12.1. The van der Waals surface area contributed by atoms with Gasteiger partial charge in [-0.05, 0) is 0 Å². The minimum atomic E-state index is -3.97. The molecule has 162 valence electrons. The Balaban J connectivity index is -0.000000192. The summed E-state index contributed by atoms with van der Waals surface area (Å²) < 4.78 is 114. The molecular weight excluding hydrogens is 526 g/mol. The smallest absolute Gasteiger partial charge is 0.265 e. The Kier molecular flexibility index (Phi) is 24.0. The van der Waals surface area contributed by atoms with Gasteiger partial charge in [0.15, 0.2) is 0 Å². The summed E-state index contributed by atoms with van der Waals surface area (Å²) in [6.07, 6.45) is 0. The fourth-order valence-electron chi connectivity index (χ4n) is 0.861. The second-order valence-corrected chi connectivity index (χ2v) is 13.1. The minimum Gasteiger partial charge on any atom is -0.286 e. The van der Waals surface area contributed by atoms with Crippen LogP contribution < -0.4 is 0 Å². The van der Waals surface area contributed by atoms with Crippen molar-refractivity contribution in [3.63, 3.8) is 0 Å². The van der Waals surface area contributed by atoms with Gasteiger partial charge >= 0.3 is 0 Å². The molecule has 0 saturated heterocycles. The average molecular weight is 547 g/mol. The molecule has 0 heterocycles. The Morgan fingerprint density at radius 3 is 0.679 bits per heavy atom. The van der Waals surface area contributed by atoms with Gasteiger partial charge in [0, 0.05) is 82.1 Å². The van der Waals surface area contributed by atoms with Crippen molar-refractivity contribution < 1.29 is 51.9 Å². The molecule has 0 aromatic heterocycles. The summed E-state index contributed by atoms with van der Waals surface area (Å²) in [6.45, 7) is 0. The van der Waals surface area contributed by atoms with E-state index in [4.69, 9.17) is 18.2 Å². The van der Waals surface area contributed by atoms with Crippen LogP contribution in [0.15, 0.2) is 0 Å². The number of rotatable bonds is 12. The van der Waals surface area contributed by atoms with E-state index in [0.29, 0.717) is 0 Å². The molecule has 4 N–H and O–H groups in total. The van der Waals surface area contributed by atoms with Crippen LogP contribution in [0.3, 0.4) is 0 Å². The second kappa shape index (κ2) is 17.8. The van der Waals surface area contributed by atoms with E-state index in [1.165, 1.54) is 0 Å². The van der Waals surface area contributed by atoms with Gasteiger partial charge in [0.2, 0.25) is 0 Å². The molecule has 0 fully saturated rings. The van der Waals surface area contributed by atoms with Gasteiger partial charge < -0.3 is 0 Å². The van der Waals surface area contributed by atoms with Gasteiger partial charge in [-0.1, -0.05) is 0 Å². The third kappa shape index (κ3) is 42.4. The van der Waals surface area contributed by atoms with E-state index in [-0.39, 0.29) is 82.1 Å². The molecule has 0 bridgehead atoms. The predicted octanol–water partition coefficient (Wildman–Crippen LogP) is -1.77. The maximum Gasteiger partial charge on any atom is 0.265 e. The van der Waals surface area contributed by atoms with Crippen molar-refractivity contribution in [2.75, 3.05) is 46.0 Å². The fourth-order valence-corrected chi connectivity index (χ4v) is 6.52. The van der Waals surface area contributed by atoms with Crippen molar-refractivity contribution in [1.29, 1.82) is 0 Å². The molecule has 20 heteroatoms. The largest absolute Gasteiger partial charge is 0.286 e. The summed E-state index contributed by atoms with van der Waals surface area (Å²) in [4.78, 5) is 0. The second-order valence-electron chi connectivity index (χ2n) is 4.37. The molecule has 12 nitrogen and oxygen atoms in total. The topological polar surface area (TPSA) is 217 Å². The first-order valence-electron chi connectivity index (χ1n) is 6.37. The van der Waals surface area contributed by atoms with Crippen LogP contribution in [-0.2, 0) is 40.5 Å². The summed E-state index contributed by atoms with van der Waals surface area (Å²) >= 11 is 2.06. The molecule has 0 aromatic rings. The van der Waals surface area contributed by atoms with E-state index in [1.54, 1.807) is 0 Å². The molecule has 0 atom stereocenters. The molecule has 0 unspecified atom stereocenters. The fraction of sp³-hybridized carbons (Fsp3) is 1.00. The van der Waals surface area contributed by atoms with Crippen molar-refractivity contribution in [2.45, 2.75) is 0 Å². The first-order chi connectivity index (χ1) is 11.4. The first-order valence-corrected chi connectivity index (χ1v) is 15.1. The SMILES string of the molecule is O=S(=O)(O)CCSCCS(=O)(=O)O.O=S(=O)(O)CCSCCS(=O)(=O)O.[Na].[Na]. The zero-order valence-corrected chi connectivity index (χ0v) is 24.1. The summed E-state index contributed by atoms with van der Waals surface area (Å²) in [5, 5.41) is 0. The molecular formula is C8H20Na2O12S6. The summed E-state index contributed by atoms with van der Waals surface area (Å²) in [5.41, 5.74) is 0. The van der Waals surface area contributed by atoms with Gasteiger partial charge in [-0.2, -0.15) is 57.2 Å². The van der Waals surface area contributed by atoms with Gasteiger partial charge in [-0.3, -0.25) is 18.2 Å². The van der Waals surface area contributed by atoms with Crippen molar-refractivity contribution in [1.82, 2.24) is 0 Å². The molecule has 0 aliphatic heterocycles. The molecule has 0 amide bonds. The molecule has 0 aromatic carbocycles. The molecule has 0 aliphatic rings. The van der Waals surface area contributed by atoms with Crippen LogP contribution in [0.1, 0.15) is 0 Å². The van der Waals surface area contributed by atoms with Gasteiger partial charge in [-0.15, -0.1) is 0 Å². The number of thioether (sulfide) groups is 2. The quantitative estimate of drug-likeness (QED) is 0.121. The Morgan fingerprint density at radius 1 is 0.429 bits per heavy atom. The molecule has 2 radical (unpaired) electrons. The summed E-state index contributed by atoms with van der Waals surface area (Å²) in [7, 11) is -15.9. The van der Waals surface area contributed by atoms with Crippen LogP contribution in [0.25, 0.3) is 0 Å². The first kappa shape index (κ1) is 37.6. The standard InChI is InChI=1S/2C4H10O6S3.2Na/c2*5-12(6,7)3-1-11-2-4-13(8,9)10;;/h2*1-4H2,(H,5,6,7)(H,8,9,10);;. The van der Waals surface area contributed by atoms with E-state index >= 15 is 0 Å². The summed E-state index contributed by atoms with van der Waals surface area (Å²) in [5.74, 6) is -1.23. The zero-order valence-electron chi connectivity index (χ0n) is 15.2. The van der Waals surface area contributed by atoms with Crippen molar-refractivity contribution in [3.05, 3.63) is 0 Å². The van der Waals surface area contributed by atoms with Crippen molar-refractivity contribution in [3.8, 4) is 0 Å².